The van der Waals surface area contributed by atoms with Gasteiger partial charge in [0.25, 0.3) is 0 Å². The lowest BCUT2D eigenvalue weighted by atomic mass is 9.99. The Morgan fingerprint density at radius 3 is 2.73 bits per heavy atom. The average Bonchev–Trinajstić information content (AvgIpc) is 2.13. The van der Waals surface area contributed by atoms with E-state index in [1.54, 1.807) is 0 Å². The molecule has 1 aromatic carbocycles. The van der Waals surface area contributed by atoms with E-state index in [0.29, 0.717) is 12.0 Å². The van der Waals surface area contributed by atoms with Crippen LogP contribution in [-0.4, -0.2) is 5.11 Å². The average molecular weight is 210 g/mol. The summed E-state index contributed by atoms with van der Waals surface area (Å²) in [6.07, 6.45) is 0.526. The lowest BCUT2D eigenvalue weighted by Gasteiger charge is -2.14. The standard InChI is InChI=1S/C11H15FN2O/c1-6(2)5-9(13)7-3-4-8(12)10(14)11(7)15/h3-4,9,15H,1,5,13-14H2,2H3/t9-/m0/s1. The number of phenols is 1. The van der Waals surface area contributed by atoms with Crippen molar-refractivity contribution in [1.29, 1.82) is 0 Å². The van der Waals surface area contributed by atoms with E-state index in [1.165, 1.54) is 12.1 Å². The first-order chi connectivity index (χ1) is 6.93. The number of anilines is 1. The molecule has 1 rings (SSSR count). The summed E-state index contributed by atoms with van der Waals surface area (Å²) in [6.45, 7) is 5.56. The first-order valence-electron chi connectivity index (χ1n) is 4.60. The number of hydrogen-bond donors (Lipinski definition) is 3. The topological polar surface area (TPSA) is 72.3 Å². The van der Waals surface area contributed by atoms with Gasteiger partial charge in [-0.3, -0.25) is 0 Å². The van der Waals surface area contributed by atoms with Crippen LogP contribution in [0.15, 0.2) is 24.3 Å². The first kappa shape index (κ1) is 11.5. The van der Waals surface area contributed by atoms with Gasteiger partial charge in [-0.2, -0.15) is 0 Å². The minimum Gasteiger partial charge on any atom is -0.505 e. The maximum atomic E-state index is 12.9. The van der Waals surface area contributed by atoms with Crippen molar-refractivity contribution >= 4 is 5.69 Å². The van der Waals surface area contributed by atoms with Crippen LogP contribution in [0.1, 0.15) is 24.9 Å². The normalized spacial score (nSPS) is 12.5. The van der Waals surface area contributed by atoms with Gasteiger partial charge < -0.3 is 16.6 Å². The van der Waals surface area contributed by atoms with Crippen molar-refractivity contribution in [2.75, 3.05) is 5.73 Å². The molecule has 0 aliphatic rings. The summed E-state index contributed by atoms with van der Waals surface area (Å²) < 4.78 is 12.9. The Bertz CT molecular complexity index is 390. The largest absolute Gasteiger partial charge is 0.505 e. The monoisotopic (exact) mass is 210 g/mol. The second-order valence-electron chi connectivity index (χ2n) is 3.67. The molecule has 0 aliphatic heterocycles. The molecular weight excluding hydrogens is 195 g/mol. The molecule has 0 bridgehead atoms. The number of halogens is 1. The third-order valence-electron chi connectivity index (χ3n) is 2.16. The molecule has 3 nitrogen and oxygen atoms in total. The van der Waals surface area contributed by atoms with Crippen molar-refractivity contribution < 1.29 is 9.50 Å². The maximum Gasteiger partial charge on any atom is 0.149 e. The minimum absolute atomic E-state index is 0.260. The van der Waals surface area contributed by atoms with Gasteiger partial charge in [0.05, 0.1) is 0 Å². The summed E-state index contributed by atoms with van der Waals surface area (Å²) in [5, 5.41) is 9.59. The van der Waals surface area contributed by atoms with Gasteiger partial charge >= 0.3 is 0 Å². The molecule has 15 heavy (non-hydrogen) atoms. The van der Waals surface area contributed by atoms with Crippen molar-refractivity contribution in [3.63, 3.8) is 0 Å². The van der Waals surface area contributed by atoms with Crippen LogP contribution < -0.4 is 11.5 Å². The fourth-order valence-electron chi connectivity index (χ4n) is 1.38. The molecule has 0 spiro atoms. The molecule has 0 saturated heterocycles. The van der Waals surface area contributed by atoms with Gasteiger partial charge in [0, 0.05) is 11.6 Å². The Labute approximate surface area is 88.2 Å². The summed E-state index contributed by atoms with van der Waals surface area (Å²) in [7, 11) is 0. The van der Waals surface area contributed by atoms with Gasteiger partial charge in [-0.05, 0) is 19.4 Å². The van der Waals surface area contributed by atoms with Crippen molar-refractivity contribution in [3.8, 4) is 5.75 Å². The number of nitrogen functional groups attached to an aromatic ring is 1. The molecule has 5 N–H and O–H groups in total. The zero-order chi connectivity index (χ0) is 11.6. The summed E-state index contributed by atoms with van der Waals surface area (Å²) in [6, 6.07) is 2.22. The van der Waals surface area contributed by atoms with E-state index in [9.17, 15) is 9.50 Å². The SMILES string of the molecule is C=C(C)C[C@H](N)c1ccc(F)c(N)c1O. The third kappa shape index (κ3) is 2.47. The molecule has 4 heteroatoms. The summed E-state index contributed by atoms with van der Waals surface area (Å²) in [4.78, 5) is 0. The lowest BCUT2D eigenvalue weighted by Crippen LogP contribution is -2.11. The number of nitrogens with two attached hydrogens (primary N) is 2. The molecule has 0 saturated carbocycles. The van der Waals surface area contributed by atoms with Crippen LogP contribution in [-0.2, 0) is 0 Å². The Morgan fingerprint density at radius 1 is 1.60 bits per heavy atom. The smallest absolute Gasteiger partial charge is 0.149 e. The molecule has 0 heterocycles. The quantitative estimate of drug-likeness (QED) is 0.406. The molecule has 0 radical (unpaired) electrons. The molecule has 1 atom stereocenters. The number of hydrogen-bond acceptors (Lipinski definition) is 3. The van der Waals surface area contributed by atoms with Crippen LogP contribution in [0.25, 0.3) is 0 Å². The zero-order valence-corrected chi connectivity index (χ0v) is 8.63. The van der Waals surface area contributed by atoms with Crippen LogP contribution in [0.5, 0.6) is 5.75 Å². The number of rotatable bonds is 3. The summed E-state index contributed by atoms with van der Waals surface area (Å²) in [5.74, 6) is -0.914. The Balaban J connectivity index is 3.05. The first-order valence-corrected chi connectivity index (χ1v) is 4.60. The lowest BCUT2D eigenvalue weighted by molar-refractivity contribution is 0.458. The van der Waals surface area contributed by atoms with E-state index >= 15 is 0 Å². The van der Waals surface area contributed by atoms with Gasteiger partial charge in [-0.1, -0.05) is 11.6 Å². The van der Waals surface area contributed by atoms with E-state index in [4.69, 9.17) is 11.5 Å². The number of benzene rings is 1. The van der Waals surface area contributed by atoms with Gasteiger partial charge in [0.2, 0.25) is 0 Å². The van der Waals surface area contributed by atoms with Crippen molar-refractivity contribution in [3.05, 3.63) is 35.7 Å². The van der Waals surface area contributed by atoms with Crippen molar-refractivity contribution in [2.45, 2.75) is 19.4 Å². The fraction of sp³-hybridized carbons (Fsp3) is 0.273. The maximum absolute atomic E-state index is 12.9. The fourth-order valence-corrected chi connectivity index (χ4v) is 1.38. The molecule has 82 valence electrons. The molecule has 0 aromatic heterocycles. The highest BCUT2D eigenvalue weighted by atomic mass is 19.1. The number of aromatic hydroxyl groups is 1. The Kier molecular flexibility index (Phi) is 3.31. The van der Waals surface area contributed by atoms with Crippen LogP contribution in [0.4, 0.5) is 10.1 Å². The van der Waals surface area contributed by atoms with Gasteiger partial charge in [0.1, 0.15) is 17.3 Å². The highest BCUT2D eigenvalue weighted by Crippen LogP contribution is 2.32. The van der Waals surface area contributed by atoms with E-state index in [-0.39, 0.29) is 11.4 Å². The van der Waals surface area contributed by atoms with E-state index < -0.39 is 11.9 Å². The highest BCUT2D eigenvalue weighted by molar-refractivity contribution is 5.57. The molecule has 0 fully saturated rings. The Morgan fingerprint density at radius 2 is 2.20 bits per heavy atom. The van der Waals surface area contributed by atoms with E-state index in [0.717, 1.165) is 5.57 Å². The minimum atomic E-state index is -0.640. The predicted molar refractivity (Wildman–Crippen MR) is 58.8 cm³/mol. The zero-order valence-electron chi connectivity index (χ0n) is 8.63. The Hall–Kier alpha value is -1.55. The molecule has 0 amide bonds. The number of phenolic OH excluding ortho intramolecular Hbond substituents is 1. The molecule has 0 aliphatic carbocycles. The van der Waals surface area contributed by atoms with Gasteiger partial charge in [0.15, 0.2) is 0 Å². The van der Waals surface area contributed by atoms with Crippen LogP contribution >= 0.6 is 0 Å². The van der Waals surface area contributed by atoms with Gasteiger partial charge in [-0.15, -0.1) is 6.58 Å². The molecular formula is C11H15FN2O. The van der Waals surface area contributed by atoms with E-state index in [2.05, 4.69) is 6.58 Å². The molecule has 0 unspecified atom stereocenters. The van der Waals surface area contributed by atoms with Crippen LogP contribution in [0.3, 0.4) is 0 Å². The summed E-state index contributed by atoms with van der Waals surface area (Å²) in [5.41, 5.74) is 12.2. The van der Waals surface area contributed by atoms with Crippen molar-refractivity contribution in [2.24, 2.45) is 5.73 Å². The van der Waals surface area contributed by atoms with E-state index in [1.807, 2.05) is 6.92 Å². The second kappa shape index (κ2) is 4.31. The van der Waals surface area contributed by atoms with Crippen LogP contribution in [0.2, 0.25) is 0 Å². The summed E-state index contributed by atoms with van der Waals surface area (Å²) >= 11 is 0. The second-order valence-corrected chi connectivity index (χ2v) is 3.67. The predicted octanol–water partition coefficient (Wildman–Crippen LogP) is 2.08. The van der Waals surface area contributed by atoms with Crippen LogP contribution in [0, 0.1) is 5.82 Å². The molecule has 1 aromatic rings. The highest BCUT2D eigenvalue weighted by Gasteiger charge is 2.15. The van der Waals surface area contributed by atoms with Gasteiger partial charge in [-0.25, -0.2) is 4.39 Å². The third-order valence-corrected chi connectivity index (χ3v) is 2.16. The van der Waals surface area contributed by atoms with Crippen molar-refractivity contribution in [1.82, 2.24) is 0 Å².